The summed E-state index contributed by atoms with van der Waals surface area (Å²) in [4.78, 5) is 30.3. The maximum absolute atomic E-state index is 13.7. The van der Waals surface area contributed by atoms with Crippen LogP contribution in [0.15, 0.2) is 53.4 Å². The minimum absolute atomic E-state index is 0.177. The van der Waals surface area contributed by atoms with E-state index in [0.717, 1.165) is 21.9 Å². The number of nitrogens with zero attached hydrogens (tertiary/aromatic N) is 2. The Morgan fingerprint density at radius 3 is 2.45 bits per heavy atom. The fourth-order valence-electron chi connectivity index (χ4n) is 3.32. The van der Waals surface area contributed by atoms with Crippen LogP contribution >= 0.6 is 11.8 Å². The molecule has 0 fully saturated rings. The van der Waals surface area contributed by atoms with Crippen LogP contribution in [-0.4, -0.2) is 70.9 Å². The van der Waals surface area contributed by atoms with Crippen molar-refractivity contribution >= 4 is 29.3 Å². The molecule has 0 aliphatic carbocycles. The van der Waals surface area contributed by atoms with Gasteiger partial charge in [-0.15, -0.1) is 11.8 Å². The van der Waals surface area contributed by atoms with Gasteiger partial charge in [-0.2, -0.15) is 0 Å². The number of hydrogen-bond donors (Lipinski definition) is 0. The first-order valence-electron chi connectivity index (χ1n) is 9.98. The number of methoxy groups -OCH3 is 2. The summed E-state index contributed by atoms with van der Waals surface area (Å²) in [6.07, 6.45) is -0.855. The maximum Gasteiger partial charge on any atom is 0.331 e. The minimum atomic E-state index is -0.855. The lowest BCUT2D eigenvalue weighted by atomic mass is 10.1. The number of carbonyl (C=O) groups excluding carboxylic acids is 2. The van der Waals surface area contributed by atoms with Gasteiger partial charge in [0.25, 0.3) is 5.91 Å². The molecule has 166 valence electrons. The van der Waals surface area contributed by atoms with Crippen molar-refractivity contribution in [3.05, 3.63) is 54.1 Å². The van der Waals surface area contributed by atoms with Crippen LogP contribution in [0.3, 0.4) is 0 Å². The van der Waals surface area contributed by atoms with E-state index in [4.69, 9.17) is 14.2 Å². The SMILES string of the molecule is COC(=O)CO[C@H]1C(=O)N(CCN(C)C)c2ccccc2S[C@H]1c1ccc(OC)cc1. The van der Waals surface area contributed by atoms with Crippen molar-refractivity contribution in [3.8, 4) is 5.75 Å². The molecule has 1 heterocycles. The molecular formula is C23H28N2O5S. The lowest BCUT2D eigenvalue weighted by Gasteiger charge is -2.28. The summed E-state index contributed by atoms with van der Waals surface area (Å²) in [7, 11) is 6.85. The number of carbonyl (C=O) groups is 2. The Balaban J connectivity index is 2.02. The highest BCUT2D eigenvalue weighted by Gasteiger charge is 2.39. The van der Waals surface area contributed by atoms with Gasteiger partial charge in [-0.1, -0.05) is 24.3 Å². The van der Waals surface area contributed by atoms with Gasteiger partial charge in [-0.05, 0) is 43.9 Å². The number of para-hydroxylation sites is 1. The third kappa shape index (κ3) is 5.58. The van der Waals surface area contributed by atoms with E-state index in [-0.39, 0.29) is 17.8 Å². The highest BCUT2D eigenvalue weighted by atomic mass is 32.2. The van der Waals surface area contributed by atoms with Crippen molar-refractivity contribution < 1.29 is 23.8 Å². The zero-order chi connectivity index (χ0) is 22.4. The van der Waals surface area contributed by atoms with Gasteiger partial charge < -0.3 is 24.0 Å². The quantitative estimate of drug-likeness (QED) is 0.580. The summed E-state index contributed by atoms with van der Waals surface area (Å²) >= 11 is 1.56. The third-order valence-electron chi connectivity index (χ3n) is 5.02. The molecule has 3 rings (SSSR count). The number of likely N-dealkylation sites (N-methyl/N-ethyl adjacent to an activating group) is 1. The van der Waals surface area contributed by atoms with Gasteiger partial charge in [0.15, 0.2) is 6.10 Å². The Labute approximate surface area is 187 Å². The van der Waals surface area contributed by atoms with E-state index in [9.17, 15) is 9.59 Å². The van der Waals surface area contributed by atoms with Crippen molar-refractivity contribution in [2.45, 2.75) is 16.2 Å². The molecule has 2 aromatic rings. The predicted molar refractivity (Wildman–Crippen MR) is 121 cm³/mol. The summed E-state index contributed by atoms with van der Waals surface area (Å²) in [6.45, 7) is 0.913. The van der Waals surface area contributed by atoms with Gasteiger partial charge in [0, 0.05) is 18.0 Å². The van der Waals surface area contributed by atoms with Crippen molar-refractivity contribution in [3.63, 3.8) is 0 Å². The largest absolute Gasteiger partial charge is 0.497 e. The number of esters is 1. The Kier molecular flexibility index (Phi) is 7.95. The first-order valence-corrected chi connectivity index (χ1v) is 10.9. The number of thioether (sulfide) groups is 1. The number of benzene rings is 2. The molecule has 8 heteroatoms. The standard InChI is InChI=1S/C23H28N2O5S/c1-24(2)13-14-25-18-7-5-6-8-19(18)31-22(16-9-11-17(28-3)12-10-16)21(23(25)27)30-15-20(26)29-4/h5-12,21-22H,13-15H2,1-4H3/t21-,22+/m1/s1. The lowest BCUT2D eigenvalue weighted by molar-refractivity contribution is -0.150. The molecule has 0 aromatic heterocycles. The molecular weight excluding hydrogens is 416 g/mol. The minimum Gasteiger partial charge on any atom is -0.497 e. The average molecular weight is 445 g/mol. The Hall–Kier alpha value is -2.55. The van der Waals surface area contributed by atoms with Gasteiger partial charge >= 0.3 is 5.97 Å². The topological polar surface area (TPSA) is 68.3 Å². The van der Waals surface area contributed by atoms with E-state index < -0.39 is 12.1 Å². The molecule has 0 N–H and O–H groups in total. The van der Waals surface area contributed by atoms with Gasteiger partial charge in [0.1, 0.15) is 12.4 Å². The van der Waals surface area contributed by atoms with E-state index in [2.05, 4.69) is 0 Å². The normalized spacial score (nSPS) is 18.5. The summed E-state index contributed by atoms with van der Waals surface area (Å²) in [6, 6.07) is 15.4. The zero-order valence-electron chi connectivity index (χ0n) is 18.2. The van der Waals surface area contributed by atoms with E-state index >= 15 is 0 Å². The smallest absolute Gasteiger partial charge is 0.331 e. The van der Waals surface area contributed by atoms with Crippen LogP contribution in [0.2, 0.25) is 0 Å². The molecule has 2 aromatic carbocycles. The summed E-state index contributed by atoms with van der Waals surface area (Å²) in [5.41, 5.74) is 1.76. The van der Waals surface area contributed by atoms with Crippen LogP contribution in [0.1, 0.15) is 10.8 Å². The molecule has 2 atom stereocenters. The van der Waals surface area contributed by atoms with Crippen molar-refractivity contribution in [2.75, 3.05) is 52.9 Å². The Morgan fingerprint density at radius 1 is 1.10 bits per heavy atom. The fraction of sp³-hybridized carbons (Fsp3) is 0.391. The van der Waals surface area contributed by atoms with Crippen LogP contribution in [0, 0.1) is 0 Å². The fourth-order valence-corrected chi connectivity index (χ4v) is 4.66. The number of amides is 1. The van der Waals surface area contributed by atoms with Gasteiger partial charge in [0.05, 0.1) is 25.2 Å². The monoisotopic (exact) mass is 444 g/mol. The average Bonchev–Trinajstić information content (AvgIpc) is 2.90. The predicted octanol–water partition coefficient (Wildman–Crippen LogP) is 3.00. The Morgan fingerprint density at radius 2 is 1.81 bits per heavy atom. The molecule has 1 aliphatic rings. The number of fused-ring (bicyclic) bond motifs is 1. The molecule has 0 saturated heterocycles. The maximum atomic E-state index is 13.7. The summed E-state index contributed by atoms with van der Waals surface area (Å²) in [5, 5.41) is -0.339. The number of rotatable bonds is 8. The molecule has 0 unspecified atom stereocenters. The first-order chi connectivity index (χ1) is 14.9. The third-order valence-corrected chi connectivity index (χ3v) is 6.39. The van der Waals surface area contributed by atoms with Crippen LogP contribution in [-0.2, 0) is 19.1 Å². The van der Waals surface area contributed by atoms with E-state index in [0.29, 0.717) is 13.1 Å². The molecule has 0 spiro atoms. The molecule has 1 amide bonds. The molecule has 0 radical (unpaired) electrons. The zero-order valence-corrected chi connectivity index (χ0v) is 19.1. The van der Waals surface area contributed by atoms with Gasteiger partial charge in [0.2, 0.25) is 0 Å². The van der Waals surface area contributed by atoms with Crippen molar-refractivity contribution in [1.29, 1.82) is 0 Å². The molecule has 0 saturated carbocycles. The second-order valence-electron chi connectivity index (χ2n) is 7.38. The second kappa shape index (κ2) is 10.7. The van der Waals surface area contributed by atoms with E-state index in [1.165, 1.54) is 7.11 Å². The summed E-state index contributed by atoms with van der Waals surface area (Å²) in [5.74, 6) is 0.0330. The van der Waals surface area contributed by atoms with Crippen LogP contribution < -0.4 is 9.64 Å². The van der Waals surface area contributed by atoms with Gasteiger partial charge in [-0.3, -0.25) is 4.79 Å². The van der Waals surface area contributed by atoms with E-state index in [1.54, 1.807) is 23.8 Å². The van der Waals surface area contributed by atoms with Crippen LogP contribution in [0.25, 0.3) is 0 Å². The van der Waals surface area contributed by atoms with Crippen LogP contribution in [0.4, 0.5) is 5.69 Å². The summed E-state index contributed by atoms with van der Waals surface area (Å²) < 4.78 is 15.9. The van der Waals surface area contributed by atoms with E-state index in [1.807, 2.05) is 67.5 Å². The Bertz CT molecular complexity index is 903. The van der Waals surface area contributed by atoms with Crippen molar-refractivity contribution in [1.82, 2.24) is 4.90 Å². The lowest BCUT2D eigenvalue weighted by Crippen LogP contribution is -2.45. The number of ether oxygens (including phenoxy) is 3. The second-order valence-corrected chi connectivity index (χ2v) is 8.56. The number of hydrogen-bond acceptors (Lipinski definition) is 7. The highest BCUT2D eigenvalue weighted by Crippen LogP contribution is 2.46. The molecule has 1 aliphatic heterocycles. The molecule has 0 bridgehead atoms. The number of anilines is 1. The van der Waals surface area contributed by atoms with Crippen molar-refractivity contribution in [2.24, 2.45) is 0 Å². The van der Waals surface area contributed by atoms with Crippen LogP contribution in [0.5, 0.6) is 5.75 Å². The highest BCUT2D eigenvalue weighted by molar-refractivity contribution is 7.99. The molecule has 7 nitrogen and oxygen atoms in total. The first kappa shape index (κ1) is 23.1. The van der Waals surface area contributed by atoms with Gasteiger partial charge in [-0.25, -0.2) is 4.79 Å². The molecule has 31 heavy (non-hydrogen) atoms.